The fraction of sp³-hybridized carbons (Fsp3) is 0.333. The molecule has 96 valence electrons. The maximum absolute atomic E-state index is 6.14. The smallest absolute Gasteiger partial charge is 0.133 e. The Bertz CT molecular complexity index is 527. The molecule has 0 aliphatic heterocycles. The predicted molar refractivity (Wildman–Crippen MR) is 75.6 cm³/mol. The molecule has 1 N–H and O–H groups in total. The van der Waals surface area contributed by atoms with Crippen molar-refractivity contribution in [2.24, 2.45) is 7.05 Å². The predicted octanol–water partition coefficient (Wildman–Crippen LogP) is 2.56. The summed E-state index contributed by atoms with van der Waals surface area (Å²) in [4.78, 5) is 0. The number of hydrogen-bond acceptors (Lipinski definition) is 3. The van der Waals surface area contributed by atoms with E-state index >= 15 is 0 Å². The summed E-state index contributed by atoms with van der Waals surface area (Å²) in [6.45, 7) is 1.60. The monoisotopic (exact) mass is 328 g/mol. The maximum Gasteiger partial charge on any atom is 0.133 e. The third-order valence-corrected chi connectivity index (χ3v) is 3.51. The lowest BCUT2D eigenvalue weighted by molar-refractivity contribution is 0.654. The zero-order chi connectivity index (χ0) is 13.0. The number of aryl methyl sites for hydroxylation is 1. The molecule has 0 radical (unpaired) electrons. The van der Waals surface area contributed by atoms with Crippen molar-refractivity contribution in [3.8, 4) is 0 Å². The Hall–Kier alpha value is -0.910. The first kappa shape index (κ1) is 13.5. The Morgan fingerprint density at radius 3 is 2.94 bits per heavy atom. The Morgan fingerprint density at radius 1 is 1.44 bits per heavy atom. The number of nitrogens with zero attached hydrogens (tertiary/aromatic N) is 3. The SMILES string of the molecule is Cn1cnnc1CCNCc1ccc(Br)cc1Cl. The minimum atomic E-state index is 0.754. The lowest BCUT2D eigenvalue weighted by Gasteiger charge is -2.07. The molecule has 0 saturated heterocycles. The van der Waals surface area contributed by atoms with Gasteiger partial charge in [-0.15, -0.1) is 10.2 Å². The molecule has 0 spiro atoms. The molecule has 4 nitrogen and oxygen atoms in total. The Morgan fingerprint density at radius 2 is 2.28 bits per heavy atom. The van der Waals surface area contributed by atoms with E-state index in [2.05, 4.69) is 31.4 Å². The molecule has 1 heterocycles. The molecule has 0 aliphatic rings. The summed E-state index contributed by atoms with van der Waals surface area (Å²) in [5, 5.41) is 12.0. The van der Waals surface area contributed by atoms with Crippen molar-refractivity contribution < 1.29 is 0 Å². The van der Waals surface area contributed by atoms with Crippen molar-refractivity contribution in [2.45, 2.75) is 13.0 Å². The van der Waals surface area contributed by atoms with E-state index in [9.17, 15) is 0 Å². The van der Waals surface area contributed by atoms with Crippen molar-refractivity contribution in [3.05, 3.63) is 45.4 Å². The fourth-order valence-corrected chi connectivity index (χ4v) is 2.36. The number of halogens is 2. The summed E-state index contributed by atoms with van der Waals surface area (Å²) in [6.07, 6.45) is 2.56. The summed E-state index contributed by atoms with van der Waals surface area (Å²) < 4.78 is 2.92. The van der Waals surface area contributed by atoms with E-state index in [1.165, 1.54) is 0 Å². The van der Waals surface area contributed by atoms with Gasteiger partial charge in [-0.25, -0.2) is 0 Å². The van der Waals surface area contributed by atoms with Crippen molar-refractivity contribution in [2.75, 3.05) is 6.54 Å². The molecule has 2 rings (SSSR count). The van der Waals surface area contributed by atoms with Crippen LogP contribution in [0.3, 0.4) is 0 Å². The zero-order valence-corrected chi connectivity index (χ0v) is 12.4. The van der Waals surface area contributed by atoms with Crippen LogP contribution >= 0.6 is 27.5 Å². The second kappa shape index (κ2) is 6.31. The summed E-state index contributed by atoms with van der Waals surface area (Å²) >= 11 is 9.53. The van der Waals surface area contributed by atoms with Gasteiger partial charge >= 0.3 is 0 Å². The highest BCUT2D eigenvalue weighted by Gasteiger charge is 2.02. The standard InChI is InChI=1S/C12H14BrClN4/c1-18-8-16-17-12(18)4-5-15-7-9-2-3-10(13)6-11(9)14/h2-3,6,8,15H,4-5,7H2,1H3. The van der Waals surface area contributed by atoms with Crippen LogP contribution in [-0.2, 0) is 20.0 Å². The normalized spacial score (nSPS) is 10.8. The topological polar surface area (TPSA) is 42.7 Å². The van der Waals surface area contributed by atoms with Crippen molar-refractivity contribution in [3.63, 3.8) is 0 Å². The lowest BCUT2D eigenvalue weighted by Crippen LogP contribution is -2.18. The number of hydrogen-bond donors (Lipinski definition) is 1. The van der Waals surface area contributed by atoms with E-state index in [4.69, 9.17) is 11.6 Å². The minimum Gasteiger partial charge on any atom is -0.321 e. The third-order valence-electron chi connectivity index (χ3n) is 2.66. The Labute approximate surface area is 119 Å². The third kappa shape index (κ3) is 3.54. The largest absolute Gasteiger partial charge is 0.321 e. The highest BCUT2D eigenvalue weighted by Crippen LogP contribution is 2.21. The van der Waals surface area contributed by atoms with Crippen LogP contribution in [0.1, 0.15) is 11.4 Å². The average molecular weight is 330 g/mol. The molecule has 18 heavy (non-hydrogen) atoms. The van der Waals surface area contributed by atoms with Gasteiger partial charge in [-0.2, -0.15) is 0 Å². The number of rotatable bonds is 5. The first-order chi connectivity index (χ1) is 8.66. The van der Waals surface area contributed by atoms with E-state index in [1.54, 1.807) is 6.33 Å². The quantitative estimate of drug-likeness (QED) is 0.857. The fourth-order valence-electron chi connectivity index (χ4n) is 1.62. The molecule has 0 unspecified atom stereocenters. The molecule has 0 atom stereocenters. The summed E-state index contributed by atoms with van der Waals surface area (Å²) in [6, 6.07) is 5.91. The van der Waals surface area contributed by atoms with E-state index in [0.717, 1.165) is 40.4 Å². The highest BCUT2D eigenvalue weighted by molar-refractivity contribution is 9.10. The van der Waals surface area contributed by atoms with Crippen molar-refractivity contribution in [1.29, 1.82) is 0 Å². The minimum absolute atomic E-state index is 0.754. The van der Waals surface area contributed by atoms with Crippen LogP contribution in [0, 0.1) is 0 Å². The van der Waals surface area contributed by atoms with E-state index in [1.807, 2.05) is 29.8 Å². The summed E-state index contributed by atoms with van der Waals surface area (Å²) in [5.41, 5.74) is 1.10. The van der Waals surface area contributed by atoms with Crippen LogP contribution < -0.4 is 5.32 Å². The zero-order valence-electron chi connectivity index (χ0n) is 10.0. The maximum atomic E-state index is 6.14. The molecule has 0 fully saturated rings. The number of aromatic nitrogens is 3. The molecule has 2 aromatic rings. The molecule has 6 heteroatoms. The van der Waals surface area contributed by atoms with Gasteiger partial charge in [0.05, 0.1) is 0 Å². The van der Waals surface area contributed by atoms with Gasteiger partial charge in [0, 0.05) is 36.1 Å². The number of nitrogens with one attached hydrogen (secondary N) is 1. The van der Waals surface area contributed by atoms with Gasteiger partial charge in [0.1, 0.15) is 12.2 Å². The van der Waals surface area contributed by atoms with Gasteiger partial charge in [0.15, 0.2) is 0 Å². The molecule has 0 amide bonds. The lowest BCUT2D eigenvalue weighted by atomic mass is 10.2. The molecule has 1 aromatic heterocycles. The first-order valence-corrected chi connectivity index (χ1v) is 6.81. The molecule has 0 saturated carbocycles. The Balaban J connectivity index is 1.80. The molecule has 0 aliphatic carbocycles. The van der Waals surface area contributed by atoms with Crippen LogP contribution in [0.25, 0.3) is 0 Å². The van der Waals surface area contributed by atoms with E-state index in [0.29, 0.717) is 0 Å². The second-order valence-electron chi connectivity index (χ2n) is 4.02. The van der Waals surface area contributed by atoms with Crippen LogP contribution in [0.4, 0.5) is 0 Å². The first-order valence-electron chi connectivity index (χ1n) is 5.64. The Kier molecular flexibility index (Phi) is 4.74. The van der Waals surface area contributed by atoms with Gasteiger partial charge in [-0.05, 0) is 17.7 Å². The van der Waals surface area contributed by atoms with E-state index in [-0.39, 0.29) is 0 Å². The van der Waals surface area contributed by atoms with Crippen LogP contribution in [0.2, 0.25) is 5.02 Å². The van der Waals surface area contributed by atoms with Gasteiger partial charge in [0.2, 0.25) is 0 Å². The summed E-state index contributed by atoms with van der Waals surface area (Å²) in [5.74, 6) is 0.976. The van der Waals surface area contributed by atoms with Gasteiger partial charge < -0.3 is 9.88 Å². The van der Waals surface area contributed by atoms with Crippen LogP contribution in [-0.4, -0.2) is 21.3 Å². The number of benzene rings is 1. The van der Waals surface area contributed by atoms with Crippen LogP contribution in [0.5, 0.6) is 0 Å². The molecular formula is C12H14BrClN4. The van der Waals surface area contributed by atoms with Crippen molar-refractivity contribution in [1.82, 2.24) is 20.1 Å². The van der Waals surface area contributed by atoms with Gasteiger partial charge in [-0.1, -0.05) is 33.6 Å². The average Bonchev–Trinajstić information content (AvgIpc) is 2.73. The van der Waals surface area contributed by atoms with Crippen molar-refractivity contribution >= 4 is 27.5 Å². The van der Waals surface area contributed by atoms with Gasteiger partial charge in [0.25, 0.3) is 0 Å². The molecule has 0 bridgehead atoms. The summed E-state index contributed by atoms with van der Waals surface area (Å²) in [7, 11) is 1.95. The molecule has 1 aromatic carbocycles. The molecular weight excluding hydrogens is 316 g/mol. The highest BCUT2D eigenvalue weighted by atomic mass is 79.9. The second-order valence-corrected chi connectivity index (χ2v) is 5.34. The van der Waals surface area contributed by atoms with E-state index < -0.39 is 0 Å². The van der Waals surface area contributed by atoms with Gasteiger partial charge in [-0.3, -0.25) is 0 Å². The van der Waals surface area contributed by atoms with Crippen LogP contribution in [0.15, 0.2) is 29.0 Å².